The van der Waals surface area contributed by atoms with E-state index in [0.29, 0.717) is 42.7 Å². The number of rotatable bonds is 15. The predicted molar refractivity (Wildman–Crippen MR) is 254 cm³/mol. The maximum atomic E-state index is 12.6. The van der Waals surface area contributed by atoms with Gasteiger partial charge < -0.3 is 45.3 Å². The predicted octanol–water partition coefficient (Wildman–Crippen LogP) is 7.85. The van der Waals surface area contributed by atoms with Crippen LogP contribution in [0.25, 0.3) is 0 Å². The fourth-order valence-corrected chi connectivity index (χ4v) is 5.28. The van der Waals surface area contributed by atoms with Gasteiger partial charge in [-0.3, -0.25) is 19.2 Å². The maximum Gasteiger partial charge on any atom is 0.239 e. The Morgan fingerprint density at radius 1 is 0.697 bits per heavy atom. The molecule has 0 bridgehead atoms. The number of amides is 4. The normalized spacial score (nSPS) is 9.42. The minimum Gasteiger partial charge on any atom is -0.497 e. The molecule has 5 aromatic carbocycles. The molecule has 0 radical (unpaired) electrons. The van der Waals surface area contributed by atoms with E-state index in [1.54, 1.807) is 51.4 Å². The first-order valence-electron chi connectivity index (χ1n) is 20.3. The Morgan fingerprint density at radius 2 is 1.15 bits per heavy atom. The van der Waals surface area contributed by atoms with Crippen LogP contribution in [0.1, 0.15) is 31.9 Å². The van der Waals surface area contributed by atoms with E-state index in [1.807, 2.05) is 89.5 Å². The second kappa shape index (κ2) is 34.0. The third-order valence-electron chi connectivity index (χ3n) is 8.42. The van der Waals surface area contributed by atoms with Crippen molar-refractivity contribution in [1.82, 2.24) is 5.32 Å². The lowest BCUT2D eigenvalue weighted by Crippen LogP contribution is -2.36. The van der Waals surface area contributed by atoms with Gasteiger partial charge in [0.05, 0.1) is 38.7 Å². The van der Waals surface area contributed by atoms with Crippen molar-refractivity contribution in [2.24, 2.45) is 11.7 Å². The van der Waals surface area contributed by atoms with Crippen LogP contribution in [0.3, 0.4) is 0 Å². The number of benzene rings is 5. The molecule has 0 aromatic heterocycles. The van der Waals surface area contributed by atoms with Crippen molar-refractivity contribution in [2.45, 2.75) is 33.6 Å². The number of carbonyl (C=O) groups is 5. The molecule has 5 rings (SSSR count). The minimum atomic E-state index is -0.503. The van der Waals surface area contributed by atoms with E-state index in [4.69, 9.17) is 14.3 Å². The standard InChI is InChI=1S/C12H15N3O3.C10H12F2.C9H11NO2.C9H13NO.C8H8F2.CH3NO/c1-15(8-12(18)13-6-7-16)11-5-3-2-4-10(11)14-9-17;1-7(2)3-8-4-9(11)6-10(12)5-8;1-10(7-11)8-3-5-9(12-2)6-4-8;1-10(2)8-4-6-9(11-3)7-5-8;1-2-6-3-7(9)5-8(10)4-6;2-1-3/h2-5,7,9H,6,8H2,1H3,(H,13,18)(H,14,17);4-7H,3H2,1-2H3;3-7H,1-2H3;4-7H,1-3H3;3-5H,2H2,1H3;1H,(H2,2,3). The van der Waals surface area contributed by atoms with Crippen LogP contribution in [-0.2, 0) is 36.8 Å². The molecule has 5 aromatic rings. The van der Waals surface area contributed by atoms with E-state index >= 15 is 0 Å². The van der Waals surface area contributed by atoms with Crippen LogP contribution in [0.4, 0.5) is 40.3 Å². The molecule has 17 heteroatoms. The first-order chi connectivity index (χ1) is 31.4. The molecule has 4 N–H and O–H groups in total. The van der Waals surface area contributed by atoms with Gasteiger partial charge in [0.25, 0.3) is 0 Å². The number of anilines is 4. The number of carbonyl (C=O) groups excluding carboxylic acids is 5. The summed E-state index contributed by atoms with van der Waals surface area (Å²) in [5.74, 6) is -0.143. The summed E-state index contributed by atoms with van der Waals surface area (Å²) < 4.78 is 60.0. The van der Waals surface area contributed by atoms with Gasteiger partial charge in [-0.15, -0.1) is 0 Å². The van der Waals surface area contributed by atoms with Crippen LogP contribution in [-0.4, -0.2) is 86.9 Å². The Labute approximate surface area is 385 Å². The van der Waals surface area contributed by atoms with Crippen LogP contribution in [0.2, 0.25) is 0 Å². The highest BCUT2D eigenvalue weighted by atomic mass is 19.1. The molecule has 0 fully saturated rings. The molecule has 0 spiro atoms. The number of primary amides is 1. The number of methoxy groups -OCH3 is 2. The number of aldehydes is 1. The molecule has 0 heterocycles. The summed E-state index contributed by atoms with van der Waals surface area (Å²) in [6.07, 6.45) is 3.60. The number of hydrogen-bond donors (Lipinski definition) is 3. The molecule has 66 heavy (non-hydrogen) atoms. The van der Waals surface area contributed by atoms with E-state index in [-0.39, 0.29) is 25.4 Å². The number of hydrogen-bond acceptors (Lipinski definition) is 9. The SMILES string of the molecule is CC(C)Cc1cc(F)cc(F)c1.CCc1cc(F)cc(F)c1.CN(CC(=O)NCC=O)c1ccccc1NC=O.COc1ccc(N(C)C)cc1.COc1ccc(N(C)C=O)cc1.NC=O. The highest BCUT2D eigenvalue weighted by molar-refractivity contribution is 5.86. The molecule has 4 amide bonds. The molecular formula is C49H62F4N6O7. The minimum absolute atomic E-state index is 0.000901. The lowest BCUT2D eigenvalue weighted by molar-refractivity contribution is -0.121. The van der Waals surface area contributed by atoms with Crippen molar-refractivity contribution < 1.29 is 51.0 Å². The smallest absolute Gasteiger partial charge is 0.239 e. The summed E-state index contributed by atoms with van der Waals surface area (Å²) in [7, 11) is 10.7. The van der Waals surface area contributed by atoms with E-state index < -0.39 is 23.3 Å². The fraction of sp³-hybridized carbons (Fsp3) is 0.286. The summed E-state index contributed by atoms with van der Waals surface area (Å²) in [5.41, 5.74) is 8.97. The number of halogens is 4. The Balaban J connectivity index is 0.000000799. The average molecular weight is 923 g/mol. The molecule has 0 saturated heterocycles. The lowest BCUT2D eigenvalue weighted by Gasteiger charge is -2.21. The zero-order valence-electron chi connectivity index (χ0n) is 38.9. The number of nitrogens with two attached hydrogens (primary N) is 1. The number of nitrogens with one attached hydrogen (secondary N) is 2. The molecule has 0 atom stereocenters. The van der Waals surface area contributed by atoms with Crippen molar-refractivity contribution >= 4 is 54.2 Å². The summed E-state index contributed by atoms with van der Waals surface area (Å²) in [5, 5.41) is 5.01. The van der Waals surface area contributed by atoms with Crippen molar-refractivity contribution in [2.75, 3.05) is 75.5 Å². The van der Waals surface area contributed by atoms with Gasteiger partial charge in [-0.1, -0.05) is 32.9 Å². The number of nitrogens with zero attached hydrogens (tertiary/aromatic N) is 3. The number of aryl methyl sites for hydroxylation is 1. The van der Waals surface area contributed by atoms with Crippen LogP contribution in [0.5, 0.6) is 11.5 Å². The van der Waals surface area contributed by atoms with Crippen molar-refractivity contribution in [3.63, 3.8) is 0 Å². The summed E-state index contributed by atoms with van der Waals surface area (Å²) in [4.78, 5) is 56.2. The van der Waals surface area contributed by atoms with Crippen molar-refractivity contribution in [1.29, 1.82) is 0 Å². The van der Waals surface area contributed by atoms with Gasteiger partial charge in [0.2, 0.25) is 25.1 Å². The highest BCUT2D eigenvalue weighted by Crippen LogP contribution is 2.24. The zero-order chi connectivity index (χ0) is 50.0. The maximum absolute atomic E-state index is 12.6. The molecule has 0 saturated carbocycles. The van der Waals surface area contributed by atoms with Gasteiger partial charge in [0.15, 0.2) is 0 Å². The number of ether oxygens (including phenoxy) is 2. The van der Waals surface area contributed by atoms with E-state index in [0.717, 1.165) is 47.0 Å². The molecule has 13 nitrogen and oxygen atoms in total. The van der Waals surface area contributed by atoms with E-state index in [1.165, 1.54) is 34.9 Å². The monoisotopic (exact) mass is 922 g/mol. The van der Waals surface area contributed by atoms with Crippen LogP contribution in [0.15, 0.2) is 109 Å². The van der Waals surface area contributed by atoms with Crippen LogP contribution in [0, 0.1) is 29.2 Å². The Bertz CT molecular complexity index is 2120. The first kappa shape index (κ1) is 58.6. The van der Waals surface area contributed by atoms with Gasteiger partial charge in [0.1, 0.15) is 41.1 Å². The van der Waals surface area contributed by atoms with E-state index in [9.17, 15) is 36.7 Å². The van der Waals surface area contributed by atoms with Gasteiger partial charge in [-0.05, 0) is 115 Å². The lowest BCUT2D eigenvalue weighted by atomic mass is 10.0. The number of likely N-dealkylation sites (N-methyl/N-ethyl adjacent to an activating group) is 1. The molecule has 358 valence electrons. The average Bonchev–Trinajstić information content (AvgIpc) is 3.28. The second-order valence-corrected chi connectivity index (χ2v) is 14.3. The van der Waals surface area contributed by atoms with Gasteiger partial charge in [-0.2, -0.15) is 0 Å². The largest absolute Gasteiger partial charge is 0.497 e. The molecule has 0 aliphatic heterocycles. The Kier molecular flexibility index (Phi) is 30.2. The molecule has 0 aliphatic rings. The third kappa shape index (κ3) is 25.6. The summed E-state index contributed by atoms with van der Waals surface area (Å²) >= 11 is 0. The van der Waals surface area contributed by atoms with Gasteiger partial charge >= 0.3 is 0 Å². The molecule has 0 aliphatic carbocycles. The first-order valence-corrected chi connectivity index (χ1v) is 20.3. The number of para-hydroxylation sites is 2. The Morgan fingerprint density at radius 3 is 1.55 bits per heavy atom. The third-order valence-corrected chi connectivity index (χ3v) is 8.42. The fourth-order valence-electron chi connectivity index (χ4n) is 5.28. The van der Waals surface area contributed by atoms with Crippen LogP contribution >= 0.6 is 0 Å². The van der Waals surface area contributed by atoms with E-state index in [2.05, 4.69) is 21.3 Å². The van der Waals surface area contributed by atoms with Crippen molar-refractivity contribution in [3.8, 4) is 11.5 Å². The summed E-state index contributed by atoms with van der Waals surface area (Å²) in [6.45, 7) is 5.99. The highest BCUT2D eigenvalue weighted by Gasteiger charge is 2.10. The topological polar surface area (TPSA) is 164 Å². The quantitative estimate of drug-likeness (QED) is 0.0701. The Hall–Kier alpha value is -7.43. The second-order valence-electron chi connectivity index (χ2n) is 14.3. The van der Waals surface area contributed by atoms with Gasteiger partial charge in [-0.25, -0.2) is 17.6 Å². The summed E-state index contributed by atoms with van der Waals surface area (Å²) in [6, 6.07) is 29.6. The van der Waals surface area contributed by atoms with Crippen molar-refractivity contribution in [3.05, 3.63) is 144 Å². The molecule has 0 unspecified atom stereocenters. The molecular weight excluding hydrogens is 861 g/mol. The van der Waals surface area contributed by atoms with Crippen LogP contribution < -0.4 is 40.5 Å². The zero-order valence-corrected chi connectivity index (χ0v) is 38.9. The van der Waals surface area contributed by atoms with Gasteiger partial charge in [0, 0.05) is 51.7 Å².